The minimum Gasteiger partial charge on any atom is -0.388 e. The number of hydrogen-bond acceptors (Lipinski definition) is 4. The van der Waals surface area contributed by atoms with Gasteiger partial charge in [0.1, 0.15) is 5.82 Å². The molecule has 0 aromatic carbocycles. The molecule has 2 rings (SSSR count). The number of carbonyl (C=O) groups is 1. The number of hydrogen-bond donors (Lipinski definition) is 2. The van der Waals surface area contributed by atoms with Crippen LogP contribution < -0.4 is 10.2 Å². The number of rotatable bonds is 6. The molecule has 0 unspecified atom stereocenters. The van der Waals surface area contributed by atoms with E-state index in [-0.39, 0.29) is 12.5 Å². The van der Waals surface area contributed by atoms with Gasteiger partial charge in [0.2, 0.25) is 0 Å². The van der Waals surface area contributed by atoms with Gasteiger partial charge in [-0.1, -0.05) is 13.8 Å². The van der Waals surface area contributed by atoms with E-state index in [1.54, 1.807) is 12.3 Å². The van der Waals surface area contributed by atoms with Crippen LogP contribution in [0.1, 0.15) is 56.3 Å². The zero-order valence-corrected chi connectivity index (χ0v) is 13.6. The number of anilines is 1. The lowest BCUT2D eigenvalue weighted by molar-refractivity contribution is 0.0314. The molecular formula is C17H27N3O2. The summed E-state index contributed by atoms with van der Waals surface area (Å²) in [5.41, 5.74) is -0.234. The van der Waals surface area contributed by atoms with Crippen molar-refractivity contribution in [2.24, 2.45) is 0 Å². The van der Waals surface area contributed by atoms with Crippen molar-refractivity contribution < 1.29 is 9.90 Å². The summed E-state index contributed by atoms with van der Waals surface area (Å²) in [6, 6.07) is 3.59. The highest BCUT2D eigenvalue weighted by molar-refractivity contribution is 5.98. The molecule has 1 aliphatic heterocycles. The first-order valence-corrected chi connectivity index (χ1v) is 8.30. The van der Waals surface area contributed by atoms with Gasteiger partial charge in [-0.25, -0.2) is 4.98 Å². The van der Waals surface area contributed by atoms with Crippen LogP contribution in [-0.2, 0) is 0 Å². The smallest absolute Gasteiger partial charge is 0.255 e. The summed E-state index contributed by atoms with van der Waals surface area (Å²) >= 11 is 0. The van der Waals surface area contributed by atoms with E-state index in [4.69, 9.17) is 0 Å². The van der Waals surface area contributed by atoms with E-state index in [1.807, 2.05) is 19.9 Å². The molecule has 1 saturated heterocycles. The molecule has 5 heteroatoms. The molecule has 0 aliphatic carbocycles. The second kappa shape index (κ2) is 7.58. The van der Waals surface area contributed by atoms with Crippen molar-refractivity contribution in [2.45, 2.75) is 51.6 Å². The van der Waals surface area contributed by atoms with Gasteiger partial charge in [-0.2, -0.15) is 0 Å². The van der Waals surface area contributed by atoms with Gasteiger partial charge < -0.3 is 15.3 Å². The third-order valence-electron chi connectivity index (χ3n) is 4.58. The van der Waals surface area contributed by atoms with Crippen molar-refractivity contribution in [1.29, 1.82) is 0 Å². The van der Waals surface area contributed by atoms with Gasteiger partial charge in [-0.15, -0.1) is 0 Å². The molecule has 2 heterocycles. The molecule has 1 aromatic heterocycles. The van der Waals surface area contributed by atoms with Crippen LogP contribution in [0.4, 0.5) is 5.82 Å². The van der Waals surface area contributed by atoms with Crippen molar-refractivity contribution in [2.75, 3.05) is 24.5 Å². The van der Waals surface area contributed by atoms with Crippen LogP contribution >= 0.6 is 0 Å². The summed E-state index contributed by atoms with van der Waals surface area (Å²) in [6.45, 7) is 6.03. The predicted octanol–water partition coefficient (Wildman–Crippen LogP) is 2.35. The summed E-state index contributed by atoms with van der Waals surface area (Å²) in [7, 11) is 0. The number of aliphatic hydroxyl groups is 1. The van der Waals surface area contributed by atoms with E-state index in [9.17, 15) is 9.90 Å². The number of piperidine rings is 1. The lowest BCUT2D eigenvalue weighted by Gasteiger charge is -2.29. The number of aromatic nitrogens is 1. The molecule has 0 saturated carbocycles. The van der Waals surface area contributed by atoms with Gasteiger partial charge in [0, 0.05) is 25.8 Å². The first-order valence-electron chi connectivity index (χ1n) is 8.30. The van der Waals surface area contributed by atoms with Crippen molar-refractivity contribution in [3.63, 3.8) is 0 Å². The van der Waals surface area contributed by atoms with Gasteiger partial charge in [0.25, 0.3) is 5.91 Å². The Morgan fingerprint density at radius 3 is 2.64 bits per heavy atom. The normalized spacial score (nSPS) is 15.7. The Morgan fingerprint density at radius 2 is 2.00 bits per heavy atom. The fourth-order valence-corrected chi connectivity index (χ4v) is 2.77. The topological polar surface area (TPSA) is 65.5 Å². The first-order chi connectivity index (χ1) is 10.6. The lowest BCUT2D eigenvalue weighted by Crippen LogP contribution is -2.42. The third-order valence-corrected chi connectivity index (χ3v) is 4.58. The molecule has 0 atom stereocenters. The van der Waals surface area contributed by atoms with E-state index in [0.29, 0.717) is 18.4 Å². The molecule has 1 amide bonds. The molecule has 5 nitrogen and oxygen atoms in total. The Bertz CT molecular complexity index is 494. The van der Waals surface area contributed by atoms with Crippen molar-refractivity contribution in [1.82, 2.24) is 10.3 Å². The second-order valence-electron chi connectivity index (χ2n) is 6.04. The van der Waals surface area contributed by atoms with Crippen LogP contribution in [0.15, 0.2) is 18.3 Å². The molecule has 0 radical (unpaired) electrons. The molecule has 1 aliphatic rings. The number of amides is 1. The molecule has 22 heavy (non-hydrogen) atoms. The Kier molecular flexibility index (Phi) is 5.77. The zero-order valence-electron chi connectivity index (χ0n) is 13.6. The van der Waals surface area contributed by atoms with Crippen LogP contribution in [0.25, 0.3) is 0 Å². The summed E-state index contributed by atoms with van der Waals surface area (Å²) in [4.78, 5) is 19.1. The quantitative estimate of drug-likeness (QED) is 0.847. The van der Waals surface area contributed by atoms with Gasteiger partial charge >= 0.3 is 0 Å². The zero-order chi connectivity index (χ0) is 16.0. The summed E-state index contributed by atoms with van der Waals surface area (Å²) < 4.78 is 0. The molecule has 1 fully saturated rings. The average molecular weight is 305 g/mol. The van der Waals surface area contributed by atoms with Crippen LogP contribution in [0.5, 0.6) is 0 Å². The van der Waals surface area contributed by atoms with E-state index >= 15 is 0 Å². The number of nitrogens with one attached hydrogen (secondary N) is 1. The third kappa shape index (κ3) is 3.97. The molecule has 0 spiro atoms. The Hall–Kier alpha value is -1.62. The fourth-order valence-electron chi connectivity index (χ4n) is 2.77. The summed E-state index contributed by atoms with van der Waals surface area (Å²) in [5.74, 6) is 0.602. The fraction of sp³-hybridized carbons (Fsp3) is 0.647. The minimum atomic E-state index is -0.830. The van der Waals surface area contributed by atoms with Crippen LogP contribution in [0, 0.1) is 0 Å². The maximum Gasteiger partial charge on any atom is 0.255 e. The maximum absolute atomic E-state index is 12.5. The van der Waals surface area contributed by atoms with E-state index < -0.39 is 5.60 Å². The highest BCUT2D eigenvalue weighted by Crippen LogP contribution is 2.22. The van der Waals surface area contributed by atoms with Crippen LogP contribution in [0.3, 0.4) is 0 Å². The lowest BCUT2D eigenvalue weighted by atomic mass is 9.97. The number of carbonyl (C=O) groups excluding carboxylic acids is 1. The SMILES string of the molecule is CCC(O)(CC)CNC(=O)c1cccnc1N1CCCCC1. The molecule has 1 aromatic rings. The predicted molar refractivity (Wildman–Crippen MR) is 88.2 cm³/mol. The van der Waals surface area contributed by atoms with E-state index in [1.165, 1.54) is 6.42 Å². The number of nitrogens with zero attached hydrogens (tertiary/aromatic N) is 2. The van der Waals surface area contributed by atoms with Crippen molar-refractivity contribution >= 4 is 11.7 Å². The minimum absolute atomic E-state index is 0.158. The molecule has 0 bridgehead atoms. The molecule has 122 valence electrons. The monoisotopic (exact) mass is 305 g/mol. The van der Waals surface area contributed by atoms with Gasteiger partial charge in [0.05, 0.1) is 11.2 Å². The van der Waals surface area contributed by atoms with Crippen molar-refractivity contribution in [3.05, 3.63) is 23.9 Å². The Balaban J connectivity index is 2.09. The van der Waals surface area contributed by atoms with Crippen molar-refractivity contribution in [3.8, 4) is 0 Å². The first kappa shape index (κ1) is 16.7. The molecular weight excluding hydrogens is 278 g/mol. The van der Waals surface area contributed by atoms with Crippen LogP contribution in [0.2, 0.25) is 0 Å². The standard InChI is InChI=1S/C17H27N3O2/c1-3-17(22,4-2)13-19-16(21)14-9-8-10-18-15(14)20-11-6-5-7-12-20/h8-10,22H,3-7,11-13H2,1-2H3,(H,19,21). The van der Waals surface area contributed by atoms with Gasteiger partial charge in [-0.05, 0) is 44.2 Å². The maximum atomic E-state index is 12.5. The average Bonchev–Trinajstić information content (AvgIpc) is 2.60. The van der Waals surface area contributed by atoms with Crippen LogP contribution in [-0.4, -0.2) is 41.2 Å². The van der Waals surface area contributed by atoms with Gasteiger partial charge in [-0.3, -0.25) is 4.79 Å². The second-order valence-corrected chi connectivity index (χ2v) is 6.04. The van der Waals surface area contributed by atoms with E-state index in [2.05, 4.69) is 15.2 Å². The Labute approximate surface area is 132 Å². The van der Waals surface area contributed by atoms with E-state index in [0.717, 1.165) is 31.7 Å². The van der Waals surface area contributed by atoms with Gasteiger partial charge in [0.15, 0.2) is 0 Å². The number of pyridine rings is 1. The summed E-state index contributed by atoms with van der Waals surface area (Å²) in [6.07, 6.45) is 6.50. The highest BCUT2D eigenvalue weighted by atomic mass is 16.3. The summed E-state index contributed by atoms with van der Waals surface area (Å²) in [5, 5.41) is 13.2. The largest absolute Gasteiger partial charge is 0.388 e. The molecule has 2 N–H and O–H groups in total. The Morgan fingerprint density at radius 1 is 1.32 bits per heavy atom. The highest BCUT2D eigenvalue weighted by Gasteiger charge is 2.25.